The molecule has 0 unspecified atom stereocenters. The number of benzene rings is 3. The van der Waals surface area contributed by atoms with Crippen molar-refractivity contribution in [1.82, 2.24) is 9.55 Å². The number of rotatable bonds is 5. The predicted molar refractivity (Wildman–Crippen MR) is 122 cm³/mol. The Morgan fingerprint density at radius 3 is 2.35 bits per heavy atom. The summed E-state index contributed by atoms with van der Waals surface area (Å²) in [4.78, 5) is 17.6. The monoisotopic (exact) mass is 436 g/mol. The van der Waals surface area contributed by atoms with Crippen LogP contribution in [0.4, 0.5) is 11.6 Å². The smallest absolute Gasteiger partial charge is 0.267 e. The molecule has 0 aliphatic rings. The number of para-hydroxylation sites is 1. The molecule has 0 atom stereocenters. The molecule has 3 N–H and O–H groups in total. The molecule has 0 amide bonds. The number of methoxy groups -OCH3 is 1. The van der Waals surface area contributed by atoms with Gasteiger partial charge in [0.15, 0.2) is 0 Å². The fraction of sp³-hybridized carbons (Fsp3) is 0.0909. The predicted octanol–water partition coefficient (Wildman–Crippen LogP) is 3.02. The Hall–Kier alpha value is -3.85. The first-order valence-electron chi connectivity index (χ1n) is 9.31. The van der Waals surface area contributed by atoms with E-state index in [1.807, 2.05) is 18.2 Å². The molecule has 4 aromatic rings. The van der Waals surface area contributed by atoms with Crippen LogP contribution < -0.4 is 20.8 Å². The molecule has 1 aromatic heterocycles. The van der Waals surface area contributed by atoms with Gasteiger partial charge >= 0.3 is 0 Å². The van der Waals surface area contributed by atoms with Gasteiger partial charge in [0.05, 0.1) is 35.6 Å². The van der Waals surface area contributed by atoms with Crippen LogP contribution in [0.1, 0.15) is 0 Å². The molecule has 0 spiro atoms. The maximum atomic E-state index is 13.2. The normalized spacial score (nSPS) is 11.4. The van der Waals surface area contributed by atoms with E-state index in [-0.39, 0.29) is 11.5 Å². The third kappa shape index (κ3) is 4.08. The van der Waals surface area contributed by atoms with Crippen molar-refractivity contribution in [3.63, 3.8) is 0 Å². The highest BCUT2D eigenvalue weighted by atomic mass is 32.2. The van der Waals surface area contributed by atoms with Crippen LogP contribution in [0.2, 0.25) is 0 Å². The standard InChI is InChI=1S/C22H20N4O4S/c1-30-20-11-9-15(13-19(20)25-31(2,28)29)14-8-10-18-17(12-14)21(27)26(22(23)24-18)16-6-4-3-5-7-16/h3-13,25H,1-2H3,(H2,23,24). The maximum Gasteiger partial charge on any atom is 0.267 e. The van der Waals surface area contributed by atoms with E-state index in [0.29, 0.717) is 33.6 Å². The zero-order valence-electron chi connectivity index (χ0n) is 16.9. The van der Waals surface area contributed by atoms with E-state index in [9.17, 15) is 13.2 Å². The number of nitrogens with zero attached hydrogens (tertiary/aromatic N) is 2. The molecule has 8 nitrogen and oxygen atoms in total. The molecular weight excluding hydrogens is 416 g/mol. The van der Waals surface area contributed by atoms with Gasteiger partial charge in [-0.3, -0.25) is 9.52 Å². The quantitative estimate of drug-likeness (QED) is 0.497. The summed E-state index contributed by atoms with van der Waals surface area (Å²) < 4.78 is 32.5. The second-order valence-electron chi connectivity index (χ2n) is 6.97. The van der Waals surface area contributed by atoms with Crippen LogP contribution >= 0.6 is 0 Å². The number of anilines is 2. The Morgan fingerprint density at radius 1 is 1.00 bits per heavy atom. The number of aromatic nitrogens is 2. The number of nitrogens with two attached hydrogens (primary N) is 1. The van der Waals surface area contributed by atoms with Gasteiger partial charge in [-0.2, -0.15) is 0 Å². The highest BCUT2D eigenvalue weighted by molar-refractivity contribution is 7.92. The van der Waals surface area contributed by atoms with Gasteiger partial charge in [-0.25, -0.2) is 18.0 Å². The summed E-state index contributed by atoms with van der Waals surface area (Å²) in [6.45, 7) is 0. The zero-order chi connectivity index (χ0) is 22.2. The number of hydrogen-bond acceptors (Lipinski definition) is 6. The molecular formula is C22H20N4O4S. The number of ether oxygens (including phenoxy) is 1. The molecule has 0 aliphatic carbocycles. The lowest BCUT2D eigenvalue weighted by molar-refractivity contribution is 0.417. The first-order chi connectivity index (χ1) is 14.8. The summed E-state index contributed by atoms with van der Waals surface area (Å²) in [6.07, 6.45) is 1.07. The highest BCUT2D eigenvalue weighted by Gasteiger charge is 2.14. The zero-order valence-corrected chi connectivity index (χ0v) is 17.7. The molecule has 158 valence electrons. The summed E-state index contributed by atoms with van der Waals surface area (Å²) >= 11 is 0. The fourth-order valence-electron chi connectivity index (χ4n) is 3.38. The fourth-order valence-corrected chi connectivity index (χ4v) is 3.93. The minimum atomic E-state index is -3.50. The largest absolute Gasteiger partial charge is 0.495 e. The van der Waals surface area contributed by atoms with Gasteiger partial charge < -0.3 is 10.5 Å². The van der Waals surface area contributed by atoms with Crippen LogP contribution in [0, 0.1) is 0 Å². The molecule has 0 radical (unpaired) electrons. The summed E-state index contributed by atoms with van der Waals surface area (Å²) in [6, 6.07) is 19.4. The number of nitrogens with one attached hydrogen (secondary N) is 1. The minimum Gasteiger partial charge on any atom is -0.495 e. The first-order valence-corrected chi connectivity index (χ1v) is 11.2. The molecule has 0 bridgehead atoms. The average Bonchev–Trinajstić information content (AvgIpc) is 2.73. The third-order valence-corrected chi connectivity index (χ3v) is 5.33. The van der Waals surface area contributed by atoms with Crippen molar-refractivity contribution in [3.8, 4) is 22.6 Å². The van der Waals surface area contributed by atoms with E-state index < -0.39 is 10.0 Å². The molecule has 9 heteroatoms. The van der Waals surface area contributed by atoms with Gasteiger partial charge in [-0.05, 0) is 47.5 Å². The van der Waals surface area contributed by atoms with Crippen LogP contribution in [0.5, 0.6) is 5.75 Å². The summed E-state index contributed by atoms with van der Waals surface area (Å²) in [5.41, 5.74) is 8.58. The van der Waals surface area contributed by atoms with Gasteiger partial charge in [0.1, 0.15) is 5.75 Å². The summed E-state index contributed by atoms with van der Waals surface area (Å²) in [5, 5.41) is 0.393. The lowest BCUT2D eigenvalue weighted by Gasteiger charge is -2.13. The van der Waals surface area contributed by atoms with Crippen LogP contribution in [0.3, 0.4) is 0 Å². The summed E-state index contributed by atoms with van der Waals surface area (Å²) in [7, 11) is -2.04. The maximum absolute atomic E-state index is 13.2. The molecule has 0 aliphatic heterocycles. The van der Waals surface area contributed by atoms with E-state index in [1.54, 1.807) is 48.5 Å². The number of nitrogen functional groups attached to an aromatic ring is 1. The molecule has 4 rings (SSSR count). The van der Waals surface area contributed by atoms with E-state index in [0.717, 1.165) is 11.8 Å². The van der Waals surface area contributed by atoms with Gasteiger partial charge in [-0.15, -0.1) is 0 Å². The van der Waals surface area contributed by atoms with Gasteiger partial charge in [0.25, 0.3) is 5.56 Å². The molecule has 31 heavy (non-hydrogen) atoms. The second-order valence-corrected chi connectivity index (χ2v) is 8.72. The van der Waals surface area contributed by atoms with Gasteiger partial charge in [0.2, 0.25) is 16.0 Å². The molecule has 0 fully saturated rings. The number of hydrogen-bond donors (Lipinski definition) is 2. The van der Waals surface area contributed by atoms with Gasteiger partial charge in [-0.1, -0.05) is 30.3 Å². The van der Waals surface area contributed by atoms with E-state index >= 15 is 0 Å². The van der Waals surface area contributed by atoms with Crippen molar-refractivity contribution >= 4 is 32.6 Å². The topological polar surface area (TPSA) is 116 Å². The molecule has 0 saturated heterocycles. The van der Waals surface area contributed by atoms with Crippen LogP contribution in [0.15, 0.2) is 71.5 Å². The molecule has 3 aromatic carbocycles. The van der Waals surface area contributed by atoms with Crippen LogP contribution in [-0.4, -0.2) is 31.3 Å². The Bertz CT molecular complexity index is 1450. The van der Waals surface area contributed by atoms with Crippen molar-refractivity contribution in [2.45, 2.75) is 0 Å². The molecule has 1 heterocycles. The first kappa shape index (κ1) is 20.4. The van der Waals surface area contributed by atoms with Crippen molar-refractivity contribution < 1.29 is 13.2 Å². The number of fused-ring (bicyclic) bond motifs is 1. The Balaban J connectivity index is 1.88. The minimum absolute atomic E-state index is 0.0977. The van der Waals surface area contributed by atoms with Gasteiger partial charge in [0, 0.05) is 0 Å². The Morgan fingerprint density at radius 2 is 1.68 bits per heavy atom. The summed E-state index contributed by atoms with van der Waals surface area (Å²) in [5.74, 6) is 0.483. The Labute approximate surface area is 179 Å². The lowest BCUT2D eigenvalue weighted by Crippen LogP contribution is -2.23. The van der Waals surface area contributed by atoms with Crippen molar-refractivity contribution in [2.24, 2.45) is 0 Å². The third-order valence-electron chi connectivity index (χ3n) is 4.74. The Kier molecular flexibility index (Phi) is 5.12. The number of sulfonamides is 1. The van der Waals surface area contributed by atoms with E-state index in [2.05, 4.69) is 9.71 Å². The van der Waals surface area contributed by atoms with Crippen molar-refractivity contribution in [1.29, 1.82) is 0 Å². The highest BCUT2D eigenvalue weighted by Crippen LogP contribution is 2.32. The average molecular weight is 436 g/mol. The van der Waals surface area contributed by atoms with Crippen molar-refractivity contribution in [2.75, 3.05) is 23.8 Å². The van der Waals surface area contributed by atoms with Crippen LogP contribution in [0.25, 0.3) is 27.7 Å². The van der Waals surface area contributed by atoms with E-state index in [1.165, 1.54) is 11.7 Å². The molecule has 0 saturated carbocycles. The lowest BCUT2D eigenvalue weighted by atomic mass is 10.0. The second kappa shape index (κ2) is 7.77. The van der Waals surface area contributed by atoms with Crippen molar-refractivity contribution in [3.05, 3.63) is 77.1 Å². The van der Waals surface area contributed by atoms with Crippen LogP contribution in [-0.2, 0) is 10.0 Å². The van der Waals surface area contributed by atoms with E-state index in [4.69, 9.17) is 10.5 Å². The SMILES string of the molecule is COc1ccc(-c2ccc3nc(N)n(-c4ccccc4)c(=O)c3c2)cc1NS(C)(=O)=O.